The van der Waals surface area contributed by atoms with Crippen LogP contribution in [0.2, 0.25) is 5.02 Å². The van der Waals surface area contributed by atoms with Crippen LogP contribution >= 0.6 is 11.6 Å². The van der Waals surface area contributed by atoms with Gasteiger partial charge in [0.05, 0.1) is 5.69 Å². The Morgan fingerprint density at radius 2 is 2.06 bits per heavy atom. The molecule has 88 valence electrons. The number of alkyl halides is 3. The quantitative estimate of drug-likeness (QED) is 0.879. The van der Waals surface area contributed by atoms with E-state index in [4.69, 9.17) is 11.6 Å². The number of carbonyl (C=O) groups is 1. The minimum atomic E-state index is -4.82. The third-order valence-electron chi connectivity index (χ3n) is 1.48. The lowest BCUT2D eigenvalue weighted by Gasteiger charge is -2.13. The topological polar surface area (TPSA) is 38.3 Å². The predicted octanol–water partition coefficient (Wildman–Crippen LogP) is 3.20. The summed E-state index contributed by atoms with van der Waals surface area (Å²) in [6, 6.07) is 3.43. The zero-order chi connectivity index (χ0) is 12.3. The molecule has 0 saturated heterocycles. The molecule has 7 heteroatoms. The SMILES string of the molecule is CC(=O)Nc1cc(Cl)ccc1OC(F)(F)F. The van der Waals surface area contributed by atoms with Gasteiger partial charge >= 0.3 is 6.36 Å². The molecule has 0 radical (unpaired) electrons. The standard InChI is InChI=1S/C9H7ClF3NO2/c1-5(15)14-7-4-6(10)2-3-8(7)16-9(11,12)13/h2-4H,1H3,(H,14,15). The van der Waals surface area contributed by atoms with Crippen LogP contribution in [0.1, 0.15) is 6.92 Å². The molecule has 0 fully saturated rings. The van der Waals surface area contributed by atoms with Crippen LogP contribution in [-0.2, 0) is 4.79 Å². The Balaban J connectivity index is 3.02. The van der Waals surface area contributed by atoms with E-state index in [1.54, 1.807) is 0 Å². The molecule has 0 heterocycles. The maximum absolute atomic E-state index is 12.0. The summed E-state index contributed by atoms with van der Waals surface area (Å²) in [5, 5.41) is 2.38. The second-order valence-electron chi connectivity index (χ2n) is 2.87. The van der Waals surface area contributed by atoms with Gasteiger partial charge in [-0.2, -0.15) is 0 Å². The zero-order valence-corrected chi connectivity index (χ0v) is 8.82. The van der Waals surface area contributed by atoms with E-state index in [0.29, 0.717) is 0 Å². The first kappa shape index (κ1) is 12.6. The molecule has 0 aromatic heterocycles. The van der Waals surface area contributed by atoms with Crippen molar-refractivity contribution in [3.05, 3.63) is 23.2 Å². The Kier molecular flexibility index (Phi) is 3.64. The molecule has 3 nitrogen and oxygen atoms in total. The molecule has 0 aliphatic rings. The summed E-state index contributed by atoms with van der Waals surface area (Å²) in [5.41, 5.74) is -0.127. The first-order chi connectivity index (χ1) is 7.28. The predicted molar refractivity (Wildman–Crippen MR) is 52.4 cm³/mol. The van der Waals surface area contributed by atoms with Crippen molar-refractivity contribution in [1.82, 2.24) is 0 Å². The molecule has 0 saturated carbocycles. The van der Waals surface area contributed by atoms with Gasteiger partial charge in [-0.3, -0.25) is 4.79 Å². The Morgan fingerprint density at radius 3 is 2.56 bits per heavy atom. The van der Waals surface area contributed by atoms with Gasteiger partial charge in [-0.15, -0.1) is 13.2 Å². The molecule has 1 rings (SSSR count). The molecule has 1 aromatic carbocycles. The third-order valence-corrected chi connectivity index (χ3v) is 1.71. The van der Waals surface area contributed by atoms with Gasteiger partial charge < -0.3 is 10.1 Å². The van der Waals surface area contributed by atoms with E-state index in [9.17, 15) is 18.0 Å². The third kappa shape index (κ3) is 3.98. The van der Waals surface area contributed by atoms with Crippen LogP contribution in [0.5, 0.6) is 5.75 Å². The summed E-state index contributed by atoms with van der Waals surface area (Å²) in [4.78, 5) is 10.8. The van der Waals surface area contributed by atoms with Crippen molar-refractivity contribution >= 4 is 23.2 Å². The first-order valence-corrected chi connectivity index (χ1v) is 4.48. The van der Waals surface area contributed by atoms with E-state index < -0.39 is 18.0 Å². The van der Waals surface area contributed by atoms with Crippen LogP contribution in [0.25, 0.3) is 0 Å². The van der Waals surface area contributed by atoms with Crippen LogP contribution in [-0.4, -0.2) is 12.3 Å². The van der Waals surface area contributed by atoms with Crippen molar-refractivity contribution in [1.29, 1.82) is 0 Å². The number of anilines is 1. The average molecular weight is 254 g/mol. The molecular weight excluding hydrogens is 247 g/mol. The van der Waals surface area contributed by atoms with E-state index in [0.717, 1.165) is 13.0 Å². The summed E-state index contributed by atoms with van der Waals surface area (Å²) in [5.74, 6) is -1.03. The maximum atomic E-state index is 12.0. The Bertz CT molecular complexity index is 406. The Morgan fingerprint density at radius 1 is 1.44 bits per heavy atom. The molecule has 16 heavy (non-hydrogen) atoms. The minimum absolute atomic E-state index is 0.127. The average Bonchev–Trinajstić information content (AvgIpc) is 2.06. The van der Waals surface area contributed by atoms with E-state index in [1.807, 2.05) is 0 Å². The lowest BCUT2D eigenvalue weighted by atomic mass is 10.3. The van der Waals surface area contributed by atoms with Gasteiger partial charge in [0.1, 0.15) is 0 Å². The number of carbonyl (C=O) groups excluding carboxylic acids is 1. The fourth-order valence-electron chi connectivity index (χ4n) is 1.00. The molecule has 0 atom stereocenters. The van der Waals surface area contributed by atoms with Crippen molar-refractivity contribution in [2.75, 3.05) is 5.32 Å². The largest absolute Gasteiger partial charge is 0.573 e. The van der Waals surface area contributed by atoms with Crippen LogP contribution in [0, 0.1) is 0 Å². The summed E-state index contributed by atoms with van der Waals surface area (Å²) in [6.07, 6.45) is -4.82. The van der Waals surface area contributed by atoms with Crippen molar-refractivity contribution in [3.63, 3.8) is 0 Å². The van der Waals surface area contributed by atoms with Gasteiger partial charge in [0.2, 0.25) is 5.91 Å². The highest BCUT2D eigenvalue weighted by Gasteiger charge is 2.32. The Labute approximate surface area is 94.2 Å². The number of halogens is 4. The van der Waals surface area contributed by atoms with Gasteiger partial charge in [-0.05, 0) is 18.2 Å². The highest BCUT2D eigenvalue weighted by molar-refractivity contribution is 6.31. The minimum Gasteiger partial charge on any atom is -0.404 e. The molecule has 1 aromatic rings. The fourth-order valence-corrected chi connectivity index (χ4v) is 1.18. The summed E-state index contributed by atoms with van der Waals surface area (Å²) in [6.45, 7) is 1.16. The molecule has 0 spiro atoms. The highest BCUT2D eigenvalue weighted by atomic mass is 35.5. The number of rotatable bonds is 2. The van der Waals surface area contributed by atoms with Gasteiger partial charge in [0.25, 0.3) is 0 Å². The zero-order valence-electron chi connectivity index (χ0n) is 8.06. The van der Waals surface area contributed by atoms with Gasteiger partial charge in [-0.1, -0.05) is 11.6 Å². The van der Waals surface area contributed by atoms with Gasteiger partial charge in [-0.25, -0.2) is 0 Å². The van der Waals surface area contributed by atoms with Crippen LogP contribution in [0.15, 0.2) is 18.2 Å². The number of ether oxygens (including phenoxy) is 1. The number of nitrogens with one attached hydrogen (secondary N) is 1. The molecule has 0 aliphatic heterocycles. The first-order valence-electron chi connectivity index (χ1n) is 4.11. The van der Waals surface area contributed by atoms with E-state index in [1.165, 1.54) is 12.1 Å². The second kappa shape index (κ2) is 4.61. The molecule has 1 amide bonds. The smallest absolute Gasteiger partial charge is 0.404 e. The number of benzene rings is 1. The normalized spacial score (nSPS) is 11.1. The van der Waals surface area contributed by atoms with Gasteiger partial charge in [0, 0.05) is 11.9 Å². The number of hydrogen-bond donors (Lipinski definition) is 1. The summed E-state index contributed by atoms with van der Waals surface area (Å²) >= 11 is 5.58. The number of hydrogen-bond acceptors (Lipinski definition) is 2. The van der Waals surface area contributed by atoms with Crippen molar-refractivity contribution in [2.24, 2.45) is 0 Å². The van der Waals surface area contributed by atoms with E-state index >= 15 is 0 Å². The lowest BCUT2D eigenvalue weighted by molar-refractivity contribution is -0.274. The van der Waals surface area contributed by atoms with Crippen LogP contribution in [0.3, 0.4) is 0 Å². The number of amides is 1. The highest BCUT2D eigenvalue weighted by Crippen LogP contribution is 2.32. The van der Waals surface area contributed by atoms with Crippen molar-refractivity contribution in [3.8, 4) is 5.75 Å². The molecule has 0 aliphatic carbocycles. The molecular formula is C9H7ClF3NO2. The maximum Gasteiger partial charge on any atom is 0.573 e. The fraction of sp³-hybridized carbons (Fsp3) is 0.222. The summed E-state index contributed by atoms with van der Waals surface area (Å²) in [7, 11) is 0. The molecule has 1 N–H and O–H groups in total. The second-order valence-corrected chi connectivity index (χ2v) is 3.31. The molecule has 0 unspecified atom stereocenters. The van der Waals surface area contributed by atoms with Gasteiger partial charge in [0.15, 0.2) is 5.75 Å². The van der Waals surface area contributed by atoms with Crippen molar-refractivity contribution < 1.29 is 22.7 Å². The molecule has 0 bridgehead atoms. The lowest BCUT2D eigenvalue weighted by Crippen LogP contribution is -2.18. The van der Waals surface area contributed by atoms with Crippen molar-refractivity contribution in [2.45, 2.75) is 13.3 Å². The van der Waals surface area contributed by atoms with E-state index in [-0.39, 0.29) is 10.7 Å². The Hall–Kier alpha value is -1.43. The van der Waals surface area contributed by atoms with E-state index in [2.05, 4.69) is 10.1 Å². The van der Waals surface area contributed by atoms with Crippen LogP contribution < -0.4 is 10.1 Å². The monoisotopic (exact) mass is 253 g/mol. The van der Waals surface area contributed by atoms with Crippen LogP contribution in [0.4, 0.5) is 18.9 Å². The summed E-state index contributed by atoms with van der Waals surface area (Å²) < 4.78 is 39.7.